The highest BCUT2D eigenvalue weighted by Crippen LogP contribution is 2.30. The third kappa shape index (κ3) is 3.06. The summed E-state index contributed by atoms with van der Waals surface area (Å²) in [5.74, 6) is 1.79. The molecule has 5 nitrogen and oxygen atoms in total. The fourth-order valence-electron chi connectivity index (χ4n) is 3.22. The standard InChI is InChI=1S/C18H19N3O2S/c22-18(14-5-2-1-3-6-14)21-10-8-13(9-11-21)17-19-16(20-23-17)15-7-4-12-24-15/h1-2,4-5,7,12-13H,3,6,8-11H2. The van der Waals surface area contributed by atoms with E-state index in [1.807, 2.05) is 34.6 Å². The smallest absolute Gasteiger partial charge is 0.249 e. The molecule has 1 fully saturated rings. The van der Waals surface area contributed by atoms with Crippen molar-refractivity contribution in [1.29, 1.82) is 0 Å². The number of piperidine rings is 1. The van der Waals surface area contributed by atoms with Gasteiger partial charge in [-0.05, 0) is 37.1 Å². The molecule has 2 aliphatic rings. The molecule has 0 atom stereocenters. The predicted octanol–water partition coefficient (Wildman–Crippen LogP) is 3.78. The van der Waals surface area contributed by atoms with Crippen LogP contribution in [0.1, 0.15) is 37.5 Å². The first-order chi connectivity index (χ1) is 11.8. The molecule has 2 aromatic rings. The number of allylic oxidation sites excluding steroid dienone is 3. The largest absolute Gasteiger partial charge is 0.339 e. The number of thiophene rings is 1. The monoisotopic (exact) mass is 341 g/mol. The van der Waals surface area contributed by atoms with Crippen LogP contribution in [0.25, 0.3) is 10.7 Å². The zero-order chi connectivity index (χ0) is 16.4. The lowest BCUT2D eigenvalue weighted by Gasteiger charge is -2.31. The van der Waals surface area contributed by atoms with E-state index in [9.17, 15) is 4.79 Å². The van der Waals surface area contributed by atoms with Gasteiger partial charge >= 0.3 is 0 Å². The zero-order valence-electron chi connectivity index (χ0n) is 13.4. The Balaban J connectivity index is 1.38. The Morgan fingerprint density at radius 2 is 2.21 bits per heavy atom. The van der Waals surface area contributed by atoms with Gasteiger partial charge in [-0.1, -0.05) is 29.5 Å². The lowest BCUT2D eigenvalue weighted by Crippen LogP contribution is -2.38. The average molecular weight is 341 g/mol. The Morgan fingerprint density at radius 1 is 1.33 bits per heavy atom. The molecule has 124 valence electrons. The molecular formula is C18H19N3O2S. The van der Waals surface area contributed by atoms with Crippen molar-refractivity contribution in [1.82, 2.24) is 15.0 Å². The molecule has 2 aromatic heterocycles. The van der Waals surface area contributed by atoms with Gasteiger partial charge in [-0.25, -0.2) is 0 Å². The van der Waals surface area contributed by atoms with E-state index in [0.717, 1.165) is 49.2 Å². The number of nitrogens with zero attached hydrogens (tertiary/aromatic N) is 3. The van der Waals surface area contributed by atoms with Crippen LogP contribution in [0, 0.1) is 0 Å². The van der Waals surface area contributed by atoms with Gasteiger partial charge in [0.15, 0.2) is 0 Å². The first kappa shape index (κ1) is 15.3. The summed E-state index contributed by atoms with van der Waals surface area (Å²) in [6.45, 7) is 1.50. The zero-order valence-corrected chi connectivity index (χ0v) is 14.2. The quantitative estimate of drug-likeness (QED) is 0.852. The summed E-state index contributed by atoms with van der Waals surface area (Å²) >= 11 is 1.61. The second-order valence-electron chi connectivity index (χ2n) is 6.16. The number of likely N-dealkylation sites (tertiary alicyclic amines) is 1. The molecule has 0 spiro atoms. The fourth-order valence-corrected chi connectivity index (χ4v) is 3.87. The van der Waals surface area contributed by atoms with Crippen LogP contribution in [0.15, 0.2) is 45.8 Å². The molecule has 1 aliphatic heterocycles. The third-order valence-corrected chi connectivity index (χ3v) is 5.47. The van der Waals surface area contributed by atoms with Crippen molar-refractivity contribution < 1.29 is 9.32 Å². The van der Waals surface area contributed by atoms with E-state index in [-0.39, 0.29) is 11.8 Å². The molecule has 0 radical (unpaired) electrons. The van der Waals surface area contributed by atoms with Gasteiger partial charge in [-0.3, -0.25) is 4.79 Å². The average Bonchev–Trinajstić information content (AvgIpc) is 3.33. The Kier molecular flexibility index (Phi) is 4.30. The van der Waals surface area contributed by atoms with E-state index in [0.29, 0.717) is 11.7 Å². The van der Waals surface area contributed by atoms with Crippen molar-refractivity contribution in [2.24, 2.45) is 0 Å². The van der Waals surface area contributed by atoms with Crippen LogP contribution in [0.3, 0.4) is 0 Å². The van der Waals surface area contributed by atoms with E-state index < -0.39 is 0 Å². The summed E-state index contributed by atoms with van der Waals surface area (Å²) < 4.78 is 5.46. The van der Waals surface area contributed by atoms with Crippen LogP contribution in [0.4, 0.5) is 0 Å². The maximum Gasteiger partial charge on any atom is 0.249 e. The minimum absolute atomic E-state index is 0.183. The maximum atomic E-state index is 12.5. The van der Waals surface area contributed by atoms with Gasteiger partial charge in [-0.2, -0.15) is 4.98 Å². The molecule has 1 saturated heterocycles. The summed E-state index contributed by atoms with van der Waals surface area (Å²) in [5.41, 5.74) is 0.925. The lowest BCUT2D eigenvalue weighted by molar-refractivity contribution is -0.128. The van der Waals surface area contributed by atoms with Gasteiger partial charge < -0.3 is 9.42 Å². The van der Waals surface area contributed by atoms with Gasteiger partial charge in [0, 0.05) is 24.6 Å². The highest BCUT2D eigenvalue weighted by Gasteiger charge is 2.28. The van der Waals surface area contributed by atoms with Crippen molar-refractivity contribution in [2.45, 2.75) is 31.6 Å². The summed E-state index contributed by atoms with van der Waals surface area (Å²) in [5, 5.41) is 6.09. The normalized spacial score (nSPS) is 18.7. The highest BCUT2D eigenvalue weighted by atomic mass is 32.1. The number of amides is 1. The molecule has 0 unspecified atom stereocenters. The summed E-state index contributed by atoms with van der Waals surface area (Å²) in [6, 6.07) is 3.97. The Morgan fingerprint density at radius 3 is 2.92 bits per heavy atom. The molecule has 4 rings (SSSR count). The second kappa shape index (κ2) is 6.73. The van der Waals surface area contributed by atoms with E-state index in [2.05, 4.69) is 16.2 Å². The highest BCUT2D eigenvalue weighted by molar-refractivity contribution is 7.13. The van der Waals surface area contributed by atoms with Crippen LogP contribution in [0.5, 0.6) is 0 Å². The predicted molar refractivity (Wildman–Crippen MR) is 92.6 cm³/mol. The van der Waals surface area contributed by atoms with Crippen molar-refractivity contribution in [3.63, 3.8) is 0 Å². The molecule has 0 N–H and O–H groups in total. The van der Waals surface area contributed by atoms with Gasteiger partial charge in [0.05, 0.1) is 4.88 Å². The molecule has 1 amide bonds. The molecule has 24 heavy (non-hydrogen) atoms. The van der Waals surface area contributed by atoms with E-state index >= 15 is 0 Å². The summed E-state index contributed by atoms with van der Waals surface area (Å²) in [6.07, 6.45) is 9.59. The first-order valence-corrected chi connectivity index (χ1v) is 9.21. The Labute approximate surface area is 144 Å². The number of aromatic nitrogens is 2. The van der Waals surface area contributed by atoms with Gasteiger partial charge in [0.2, 0.25) is 17.6 Å². The minimum atomic E-state index is 0.183. The van der Waals surface area contributed by atoms with Crippen LogP contribution in [0.2, 0.25) is 0 Å². The topological polar surface area (TPSA) is 59.2 Å². The summed E-state index contributed by atoms with van der Waals surface area (Å²) in [7, 11) is 0. The second-order valence-corrected chi connectivity index (χ2v) is 7.11. The molecule has 0 aromatic carbocycles. The fraction of sp³-hybridized carbons (Fsp3) is 0.389. The summed E-state index contributed by atoms with van der Waals surface area (Å²) in [4.78, 5) is 20.1. The van der Waals surface area contributed by atoms with E-state index in [1.54, 1.807) is 11.3 Å². The van der Waals surface area contributed by atoms with Gasteiger partial charge in [-0.15, -0.1) is 11.3 Å². The number of rotatable bonds is 3. The number of carbonyl (C=O) groups is 1. The van der Waals surface area contributed by atoms with E-state index in [4.69, 9.17) is 4.52 Å². The molecule has 0 saturated carbocycles. The molecule has 1 aliphatic carbocycles. The van der Waals surface area contributed by atoms with Crippen LogP contribution in [-0.2, 0) is 4.79 Å². The number of hydrogen-bond acceptors (Lipinski definition) is 5. The van der Waals surface area contributed by atoms with Gasteiger partial charge in [0.1, 0.15) is 0 Å². The van der Waals surface area contributed by atoms with Crippen molar-refractivity contribution in [2.75, 3.05) is 13.1 Å². The number of carbonyl (C=O) groups excluding carboxylic acids is 1. The van der Waals surface area contributed by atoms with Crippen LogP contribution in [-0.4, -0.2) is 34.0 Å². The molecular weight excluding hydrogens is 322 g/mol. The van der Waals surface area contributed by atoms with E-state index in [1.165, 1.54) is 0 Å². The van der Waals surface area contributed by atoms with Crippen molar-refractivity contribution in [3.05, 3.63) is 47.2 Å². The van der Waals surface area contributed by atoms with Crippen LogP contribution >= 0.6 is 11.3 Å². The molecule has 3 heterocycles. The van der Waals surface area contributed by atoms with Gasteiger partial charge in [0.25, 0.3) is 0 Å². The van der Waals surface area contributed by atoms with Crippen molar-refractivity contribution >= 4 is 17.2 Å². The first-order valence-electron chi connectivity index (χ1n) is 8.34. The lowest BCUT2D eigenvalue weighted by atomic mass is 9.95. The molecule has 6 heteroatoms. The minimum Gasteiger partial charge on any atom is -0.339 e. The van der Waals surface area contributed by atoms with Crippen LogP contribution < -0.4 is 0 Å². The Hall–Kier alpha value is -2.21. The third-order valence-electron chi connectivity index (χ3n) is 4.60. The number of hydrogen-bond donors (Lipinski definition) is 0. The maximum absolute atomic E-state index is 12.5. The van der Waals surface area contributed by atoms with Crippen molar-refractivity contribution in [3.8, 4) is 10.7 Å². The molecule has 0 bridgehead atoms. The Bertz CT molecular complexity index is 768. The SMILES string of the molecule is O=C(C1=CC=CCC1)N1CCC(c2nc(-c3cccs3)no2)CC1.